The molecule has 0 amide bonds. The van der Waals surface area contributed by atoms with Gasteiger partial charge in [0.2, 0.25) is 0 Å². The van der Waals surface area contributed by atoms with Crippen molar-refractivity contribution in [1.82, 2.24) is 0 Å². The minimum absolute atomic E-state index is 0.275. The molecule has 1 aliphatic carbocycles. The Morgan fingerprint density at radius 3 is 2.32 bits per heavy atom. The number of benzene rings is 2. The molecular weight excluding hydrogens is 307 g/mol. The highest BCUT2D eigenvalue weighted by molar-refractivity contribution is 9.10. The molecular formula is C16H14BrFO. The molecule has 0 saturated heterocycles. The molecule has 0 unspecified atom stereocenters. The van der Waals surface area contributed by atoms with E-state index in [0.29, 0.717) is 23.7 Å². The summed E-state index contributed by atoms with van der Waals surface area (Å²) in [6, 6.07) is 12.9. The highest BCUT2D eigenvalue weighted by atomic mass is 79.9. The molecule has 0 atom stereocenters. The fourth-order valence-corrected chi connectivity index (χ4v) is 3.40. The number of fused-ring (bicyclic) bond motifs is 1. The molecule has 2 aromatic rings. The van der Waals surface area contributed by atoms with Gasteiger partial charge in [0.1, 0.15) is 5.82 Å². The lowest BCUT2D eigenvalue weighted by atomic mass is 9.91. The largest absolute Gasteiger partial charge is 0.389 e. The Morgan fingerprint density at radius 1 is 1.11 bits per heavy atom. The Kier molecular flexibility index (Phi) is 3.19. The minimum Gasteiger partial charge on any atom is -0.389 e. The van der Waals surface area contributed by atoms with E-state index in [9.17, 15) is 9.50 Å². The molecule has 0 bridgehead atoms. The SMILES string of the molecule is OC1(Cc2cc(F)cc(Br)c2)Cc2ccccc2C1. The van der Waals surface area contributed by atoms with E-state index >= 15 is 0 Å². The molecule has 3 rings (SSSR count). The van der Waals surface area contributed by atoms with Crippen molar-refractivity contribution in [2.45, 2.75) is 24.9 Å². The summed E-state index contributed by atoms with van der Waals surface area (Å²) in [4.78, 5) is 0. The van der Waals surface area contributed by atoms with Gasteiger partial charge in [0.15, 0.2) is 0 Å². The number of aliphatic hydroxyl groups is 1. The summed E-state index contributed by atoms with van der Waals surface area (Å²) in [5.41, 5.74) is 2.42. The van der Waals surface area contributed by atoms with E-state index in [1.54, 1.807) is 0 Å². The van der Waals surface area contributed by atoms with Gasteiger partial charge in [-0.25, -0.2) is 4.39 Å². The van der Waals surface area contributed by atoms with Crippen LogP contribution in [0, 0.1) is 5.82 Å². The number of halogens is 2. The van der Waals surface area contributed by atoms with Crippen LogP contribution in [0.15, 0.2) is 46.9 Å². The average molecular weight is 321 g/mol. The van der Waals surface area contributed by atoms with E-state index in [1.165, 1.54) is 23.3 Å². The van der Waals surface area contributed by atoms with Crippen LogP contribution in [0.5, 0.6) is 0 Å². The zero-order valence-electron chi connectivity index (χ0n) is 10.4. The summed E-state index contributed by atoms with van der Waals surface area (Å²) >= 11 is 3.29. The molecule has 0 aliphatic heterocycles. The first-order chi connectivity index (χ1) is 9.04. The van der Waals surface area contributed by atoms with Gasteiger partial charge in [-0.3, -0.25) is 0 Å². The van der Waals surface area contributed by atoms with Gasteiger partial charge in [-0.05, 0) is 34.9 Å². The van der Waals surface area contributed by atoms with Crippen molar-refractivity contribution in [3.05, 3.63) is 69.4 Å². The Labute approximate surface area is 120 Å². The summed E-state index contributed by atoms with van der Waals surface area (Å²) in [5, 5.41) is 10.7. The summed E-state index contributed by atoms with van der Waals surface area (Å²) in [6.07, 6.45) is 1.74. The van der Waals surface area contributed by atoms with Crippen LogP contribution in [0.1, 0.15) is 16.7 Å². The normalized spacial score (nSPS) is 16.4. The van der Waals surface area contributed by atoms with Crippen molar-refractivity contribution in [3.8, 4) is 0 Å². The van der Waals surface area contributed by atoms with Crippen LogP contribution in [0.4, 0.5) is 4.39 Å². The van der Waals surface area contributed by atoms with E-state index in [-0.39, 0.29) is 5.82 Å². The Bertz CT molecular complexity index is 579. The number of hydrogen-bond acceptors (Lipinski definition) is 1. The lowest BCUT2D eigenvalue weighted by molar-refractivity contribution is 0.0517. The van der Waals surface area contributed by atoms with Gasteiger partial charge < -0.3 is 5.11 Å². The molecule has 2 aromatic carbocycles. The summed E-state index contributed by atoms with van der Waals surface area (Å²) in [5.74, 6) is -0.275. The number of hydrogen-bond donors (Lipinski definition) is 1. The van der Waals surface area contributed by atoms with E-state index in [1.807, 2.05) is 18.2 Å². The topological polar surface area (TPSA) is 20.2 Å². The molecule has 98 valence electrons. The third-order valence-corrected chi connectivity index (χ3v) is 4.07. The van der Waals surface area contributed by atoms with Gasteiger partial charge >= 0.3 is 0 Å². The molecule has 1 N–H and O–H groups in total. The fourth-order valence-electron chi connectivity index (χ4n) is 2.89. The van der Waals surface area contributed by atoms with E-state index in [2.05, 4.69) is 28.1 Å². The first kappa shape index (κ1) is 12.8. The molecule has 0 aromatic heterocycles. The monoisotopic (exact) mass is 320 g/mol. The van der Waals surface area contributed by atoms with Crippen LogP contribution in [0.25, 0.3) is 0 Å². The minimum atomic E-state index is -0.795. The van der Waals surface area contributed by atoms with E-state index in [4.69, 9.17) is 0 Å². The predicted octanol–water partition coefficient (Wildman–Crippen LogP) is 3.66. The lowest BCUT2D eigenvalue weighted by Gasteiger charge is -2.22. The Hall–Kier alpha value is -1.19. The quantitative estimate of drug-likeness (QED) is 0.895. The smallest absolute Gasteiger partial charge is 0.124 e. The van der Waals surface area contributed by atoms with Crippen LogP contribution < -0.4 is 0 Å². The van der Waals surface area contributed by atoms with Crippen LogP contribution in [0.2, 0.25) is 0 Å². The molecule has 1 aliphatic rings. The second kappa shape index (κ2) is 4.73. The predicted molar refractivity (Wildman–Crippen MR) is 76.6 cm³/mol. The van der Waals surface area contributed by atoms with Crippen molar-refractivity contribution < 1.29 is 9.50 Å². The number of rotatable bonds is 2. The third kappa shape index (κ3) is 2.72. The van der Waals surface area contributed by atoms with Crippen LogP contribution in [-0.4, -0.2) is 10.7 Å². The van der Waals surface area contributed by atoms with Crippen LogP contribution in [0.3, 0.4) is 0 Å². The van der Waals surface area contributed by atoms with Crippen LogP contribution in [-0.2, 0) is 19.3 Å². The van der Waals surface area contributed by atoms with E-state index in [0.717, 1.165) is 5.56 Å². The van der Waals surface area contributed by atoms with Gasteiger partial charge in [-0.1, -0.05) is 40.2 Å². The van der Waals surface area contributed by atoms with Gasteiger partial charge in [-0.2, -0.15) is 0 Å². The van der Waals surface area contributed by atoms with Crippen molar-refractivity contribution in [2.75, 3.05) is 0 Å². The molecule has 19 heavy (non-hydrogen) atoms. The maximum atomic E-state index is 13.4. The highest BCUT2D eigenvalue weighted by Crippen LogP contribution is 2.33. The fraction of sp³-hybridized carbons (Fsp3) is 0.250. The maximum Gasteiger partial charge on any atom is 0.124 e. The van der Waals surface area contributed by atoms with Crippen molar-refractivity contribution in [2.24, 2.45) is 0 Å². The molecule has 0 heterocycles. The van der Waals surface area contributed by atoms with Gasteiger partial charge in [0, 0.05) is 23.7 Å². The van der Waals surface area contributed by atoms with Crippen molar-refractivity contribution in [1.29, 1.82) is 0 Å². The Balaban J connectivity index is 1.85. The van der Waals surface area contributed by atoms with Crippen molar-refractivity contribution >= 4 is 15.9 Å². The zero-order chi connectivity index (χ0) is 13.5. The second-order valence-corrected chi connectivity index (χ2v) is 6.22. The standard InChI is InChI=1S/C16H14BrFO/c17-14-5-11(6-15(18)7-14)8-16(19)9-12-3-1-2-4-13(12)10-16/h1-7,19H,8-10H2. The van der Waals surface area contributed by atoms with Gasteiger partial charge in [0.05, 0.1) is 5.60 Å². The zero-order valence-corrected chi connectivity index (χ0v) is 12.0. The molecule has 3 heteroatoms. The van der Waals surface area contributed by atoms with Gasteiger partial charge in [-0.15, -0.1) is 0 Å². The second-order valence-electron chi connectivity index (χ2n) is 5.30. The summed E-state index contributed by atoms with van der Waals surface area (Å²) in [6.45, 7) is 0. The first-order valence-corrected chi connectivity index (χ1v) is 7.08. The maximum absolute atomic E-state index is 13.4. The third-order valence-electron chi connectivity index (χ3n) is 3.61. The van der Waals surface area contributed by atoms with Crippen LogP contribution >= 0.6 is 15.9 Å². The average Bonchev–Trinajstić information content (AvgIpc) is 2.62. The highest BCUT2D eigenvalue weighted by Gasteiger charge is 2.35. The molecule has 0 fully saturated rings. The summed E-state index contributed by atoms with van der Waals surface area (Å²) in [7, 11) is 0. The van der Waals surface area contributed by atoms with Crippen molar-refractivity contribution in [3.63, 3.8) is 0 Å². The Morgan fingerprint density at radius 2 is 1.74 bits per heavy atom. The molecule has 1 nitrogen and oxygen atoms in total. The first-order valence-electron chi connectivity index (χ1n) is 6.28. The lowest BCUT2D eigenvalue weighted by Crippen LogP contribution is -2.32. The van der Waals surface area contributed by atoms with Gasteiger partial charge in [0.25, 0.3) is 0 Å². The summed E-state index contributed by atoms with van der Waals surface area (Å²) < 4.78 is 14.1. The van der Waals surface area contributed by atoms with E-state index < -0.39 is 5.60 Å². The molecule has 0 spiro atoms. The molecule has 0 saturated carbocycles. The molecule has 0 radical (unpaired) electrons.